The molecule has 9 heteroatoms. The van der Waals surface area contributed by atoms with Gasteiger partial charge < -0.3 is 14.4 Å². The minimum Gasteiger partial charge on any atom is -0.493 e. The highest BCUT2D eigenvalue weighted by Gasteiger charge is 2.18. The van der Waals surface area contributed by atoms with E-state index in [4.69, 9.17) is 16.3 Å². The SMILES string of the molecule is O=C(COc1ccc(Br)cc1)N=Nc1c(O)n(Cc2ccc(Cl)cc2)c2ccc(Br)cc12. The van der Waals surface area contributed by atoms with Crippen LogP contribution in [-0.4, -0.2) is 22.2 Å². The Morgan fingerprint density at radius 2 is 1.69 bits per heavy atom. The molecular formula is C23H16Br2ClN3O3. The Balaban J connectivity index is 1.59. The molecule has 162 valence electrons. The number of aromatic hydroxyl groups is 1. The highest BCUT2D eigenvalue weighted by atomic mass is 79.9. The van der Waals surface area contributed by atoms with Crippen LogP contribution in [0.3, 0.4) is 0 Å². The van der Waals surface area contributed by atoms with Crippen molar-refractivity contribution in [2.75, 3.05) is 6.61 Å². The number of nitrogens with zero attached hydrogens (tertiary/aromatic N) is 3. The number of carbonyl (C=O) groups excluding carboxylic acids is 1. The van der Waals surface area contributed by atoms with E-state index in [1.165, 1.54) is 0 Å². The summed E-state index contributed by atoms with van der Waals surface area (Å²) in [4.78, 5) is 12.2. The molecule has 6 nitrogen and oxygen atoms in total. The molecule has 0 aliphatic rings. The number of halogens is 3. The predicted octanol–water partition coefficient (Wildman–Crippen LogP) is 7.26. The number of hydrogen-bond donors (Lipinski definition) is 1. The first kappa shape index (κ1) is 22.5. The van der Waals surface area contributed by atoms with Gasteiger partial charge in [-0.3, -0.25) is 4.79 Å². The van der Waals surface area contributed by atoms with E-state index < -0.39 is 5.91 Å². The van der Waals surface area contributed by atoms with Crippen LogP contribution in [0, 0.1) is 0 Å². The number of amides is 1. The molecule has 1 heterocycles. The number of ether oxygens (including phenoxy) is 1. The largest absolute Gasteiger partial charge is 0.493 e. The van der Waals surface area contributed by atoms with E-state index in [2.05, 4.69) is 42.1 Å². The fourth-order valence-corrected chi connectivity index (χ4v) is 3.89. The van der Waals surface area contributed by atoms with E-state index in [9.17, 15) is 9.90 Å². The highest BCUT2D eigenvalue weighted by molar-refractivity contribution is 9.10. The summed E-state index contributed by atoms with van der Waals surface area (Å²) in [7, 11) is 0. The van der Waals surface area contributed by atoms with Crippen LogP contribution in [-0.2, 0) is 11.3 Å². The van der Waals surface area contributed by atoms with Gasteiger partial charge in [-0.15, -0.1) is 10.2 Å². The lowest BCUT2D eigenvalue weighted by atomic mass is 10.2. The van der Waals surface area contributed by atoms with Gasteiger partial charge in [0.25, 0.3) is 0 Å². The van der Waals surface area contributed by atoms with Crippen LogP contribution < -0.4 is 4.74 Å². The standard InChI is InChI=1S/C23H16Br2ClN3O3/c24-15-3-8-18(9-4-15)32-13-21(30)27-28-22-19-11-16(25)5-10-20(19)29(23(22)31)12-14-1-6-17(26)7-2-14/h1-11,31H,12-13H2. The van der Waals surface area contributed by atoms with Gasteiger partial charge in [-0.05, 0) is 60.2 Å². The third-order valence-electron chi connectivity index (χ3n) is 4.66. The molecule has 1 N–H and O–H groups in total. The number of fused-ring (bicyclic) bond motifs is 1. The summed E-state index contributed by atoms with van der Waals surface area (Å²) in [6.07, 6.45) is 0. The Labute approximate surface area is 205 Å². The maximum Gasteiger partial charge on any atom is 0.302 e. The van der Waals surface area contributed by atoms with Gasteiger partial charge in [0.05, 0.1) is 12.1 Å². The summed E-state index contributed by atoms with van der Waals surface area (Å²) in [5, 5.41) is 20.0. The van der Waals surface area contributed by atoms with Gasteiger partial charge in [0.2, 0.25) is 5.88 Å². The van der Waals surface area contributed by atoms with Crippen LogP contribution >= 0.6 is 43.5 Å². The lowest BCUT2D eigenvalue weighted by Gasteiger charge is -2.07. The fourth-order valence-electron chi connectivity index (χ4n) is 3.14. The number of carbonyl (C=O) groups is 1. The molecule has 0 spiro atoms. The van der Waals surface area contributed by atoms with Gasteiger partial charge in [-0.25, -0.2) is 0 Å². The second-order valence-electron chi connectivity index (χ2n) is 6.88. The van der Waals surface area contributed by atoms with Crippen molar-refractivity contribution >= 4 is 66.0 Å². The van der Waals surface area contributed by atoms with E-state index in [-0.39, 0.29) is 18.2 Å². The van der Waals surface area contributed by atoms with E-state index in [1.54, 1.807) is 28.8 Å². The monoisotopic (exact) mass is 575 g/mol. The molecule has 0 radical (unpaired) electrons. The van der Waals surface area contributed by atoms with Crippen LogP contribution in [0.4, 0.5) is 5.69 Å². The van der Waals surface area contributed by atoms with Crippen LogP contribution in [0.2, 0.25) is 5.02 Å². The molecule has 0 saturated carbocycles. The normalized spacial score (nSPS) is 11.3. The summed E-state index contributed by atoms with van der Waals surface area (Å²) in [6.45, 7) is 0.135. The molecule has 0 fully saturated rings. The topological polar surface area (TPSA) is 76.2 Å². The smallest absolute Gasteiger partial charge is 0.302 e. The van der Waals surface area contributed by atoms with E-state index in [0.717, 1.165) is 20.0 Å². The molecule has 1 amide bonds. The zero-order chi connectivity index (χ0) is 22.7. The minimum atomic E-state index is -0.569. The molecule has 0 bridgehead atoms. The van der Waals surface area contributed by atoms with E-state index >= 15 is 0 Å². The van der Waals surface area contributed by atoms with Crippen molar-refractivity contribution in [2.24, 2.45) is 10.2 Å². The Bertz CT molecular complexity index is 1300. The van der Waals surface area contributed by atoms with Gasteiger partial charge >= 0.3 is 5.91 Å². The van der Waals surface area contributed by atoms with Crippen LogP contribution in [0.15, 0.2) is 85.9 Å². The van der Waals surface area contributed by atoms with Gasteiger partial charge in [-0.2, -0.15) is 0 Å². The van der Waals surface area contributed by atoms with Crippen molar-refractivity contribution in [3.63, 3.8) is 0 Å². The first-order chi connectivity index (χ1) is 15.4. The number of benzene rings is 3. The van der Waals surface area contributed by atoms with Gasteiger partial charge in [-0.1, -0.05) is 55.6 Å². The molecule has 3 aromatic carbocycles. The van der Waals surface area contributed by atoms with Crippen LogP contribution in [0.25, 0.3) is 10.9 Å². The van der Waals surface area contributed by atoms with Gasteiger partial charge in [0.15, 0.2) is 12.3 Å². The summed E-state index contributed by atoms with van der Waals surface area (Å²) < 4.78 is 8.87. The molecule has 4 rings (SSSR count). The van der Waals surface area contributed by atoms with Crippen molar-refractivity contribution in [1.82, 2.24) is 4.57 Å². The van der Waals surface area contributed by atoms with Crippen LogP contribution in [0.5, 0.6) is 11.6 Å². The summed E-state index contributed by atoms with van der Waals surface area (Å²) in [5.74, 6) is -0.109. The molecule has 0 aliphatic carbocycles. The lowest BCUT2D eigenvalue weighted by molar-refractivity contribution is -0.120. The molecule has 0 unspecified atom stereocenters. The molecule has 0 saturated heterocycles. The number of rotatable bonds is 6. The number of aromatic nitrogens is 1. The van der Waals surface area contributed by atoms with Crippen molar-refractivity contribution in [1.29, 1.82) is 0 Å². The van der Waals surface area contributed by atoms with Crippen molar-refractivity contribution in [3.05, 3.63) is 86.3 Å². The first-order valence-electron chi connectivity index (χ1n) is 9.49. The Morgan fingerprint density at radius 3 is 2.41 bits per heavy atom. The van der Waals surface area contributed by atoms with E-state index in [1.807, 2.05) is 42.5 Å². The summed E-state index contributed by atoms with van der Waals surface area (Å²) in [6, 6.07) is 20.0. The zero-order valence-electron chi connectivity index (χ0n) is 16.5. The van der Waals surface area contributed by atoms with Crippen molar-refractivity contribution in [2.45, 2.75) is 6.54 Å². The third-order valence-corrected chi connectivity index (χ3v) is 5.94. The van der Waals surface area contributed by atoms with Gasteiger partial charge in [0, 0.05) is 19.4 Å². The highest BCUT2D eigenvalue weighted by Crippen LogP contribution is 2.40. The molecular weight excluding hydrogens is 562 g/mol. The molecule has 1 aromatic heterocycles. The third kappa shape index (κ3) is 5.20. The molecule has 0 aliphatic heterocycles. The average molecular weight is 578 g/mol. The Morgan fingerprint density at radius 1 is 1.00 bits per heavy atom. The molecule has 32 heavy (non-hydrogen) atoms. The number of hydrogen-bond acceptors (Lipinski definition) is 4. The second kappa shape index (κ2) is 9.85. The van der Waals surface area contributed by atoms with Crippen LogP contribution in [0.1, 0.15) is 5.56 Å². The summed E-state index contributed by atoms with van der Waals surface area (Å²) in [5.41, 5.74) is 1.92. The lowest BCUT2D eigenvalue weighted by Crippen LogP contribution is -2.07. The first-order valence-corrected chi connectivity index (χ1v) is 11.4. The fraction of sp³-hybridized carbons (Fsp3) is 0.0870. The second-order valence-corrected chi connectivity index (χ2v) is 9.15. The predicted molar refractivity (Wildman–Crippen MR) is 131 cm³/mol. The minimum absolute atomic E-state index is 0.0848. The molecule has 4 aromatic rings. The maximum absolute atomic E-state index is 12.2. The number of azo groups is 1. The Hall–Kier alpha value is -2.68. The average Bonchev–Trinajstić information content (AvgIpc) is 3.03. The van der Waals surface area contributed by atoms with Gasteiger partial charge in [0.1, 0.15) is 5.75 Å². The van der Waals surface area contributed by atoms with Crippen molar-refractivity contribution in [3.8, 4) is 11.6 Å². The molecule has 0 atom stereocenters. The Kier molecular flexibility index (Phi) is 6.93. The van der Waals surface area contributed by atoms with Crippen molar-refractivity contribution < 1.29 is 14.6 Å². The zero-order valence-corrected chi connectivity index (χ0v) is 20.4. The quantitative estimate of drug-likeness (QED) is 0.245. The summed E-state index contributed by atoms with van der Waals surface area (Å²) >= 11 is 12.8. The van der Waals surface area contributed by atoms with E-state index in [0.29, 0.717) is 22.7 Å². The maximum atomic E-state index is 12.2.